The van der Waals surface area contributed by atoms with Crippen molar-refractivity contribution in [2.24, 2.45) is 0 Å². The van der Waals surface area contributed by atoms with Crippen LogP contribution < -0.4 is 15.5 Å². The van der Waals surface area contributed by atoms with E-state index < -0.39 is 0 Å². The molecule has 1 saturated heterocycles. The van der Waals surface area contributed by atoms with Crippen LogP contribution >= 0.6 is 22.6 Å². The van der Waals surface area contributed by atoms with E-state index in [0.717, 1.165) is 33.6 Å². The van der Waals surface area contributed by atoms with E-state index in [1.165, 1.54) is 0 Å². The number of rotatable bonds is 5. The van der Waals surface area contributed by atoms with E-state index in [9.17, 15) is 9.59 Å². The Morgan fingerprint density at radius 2 is 1.88 bits per heavy atom. The normalized spacial score (nSPS) is 13.9. The highest BCUT2D eigenvalue weighted by molar-refractivity contribution is 14.1. The van der Waals surface area contributed by atoms with Crippen molar-refractivity contribution in [1.29, 1.82) is 0 Å². The summed E-state index contributed by atoms with van der Waals surface area (Å²) in [6.45, 7) is 0.969. The summed E-state index contributed by atoms with van der Waals surface area (Å²) in [5.41, 5.74) is 2.54. The van der Waals surface area contributed by atoms with Crippen molar-refractivity contribution >= 4 is 51.5 Å². The van der Waals surface area contributed by atoms with E-state index in [1.54, 1.807) is 4.90 Å². The Labute approximate surface area is 154 Å². The molecule has 124 valence electrons. The molecule has 2 N–H and O–H groups in total. The van der Waals surface area contributed by atoms with E-state index >= 15 is 0 Å². The first-order valence-electron chi connectivity index (χ1n) is 7.82. The van der Waals surface area contributed by atoms with E-state index in [4.69, 9.17) is 0 Å². The average molecular weight is 435 g/mol. The molecule has 0 bridgehead atoms. The lowest BCUT2D eigenvalue weighted by Gasteiger charge is -2.16. The number of carbonyl (C=O) groups excluding carboxylic acids is 2. The lowest BCUT2D eigenvalue weighted by molar-refractivity contribution is -0.117. The van der Waals surface area contributed by atoms with Gasteiger partial charge in [-0.1, -0.05) is 12.1 Å². The van der Waals surface area contributed by atoms with Gasteiger partial charge in [-0.15, -0.1) is 0 Å². The second-order valence-electron chi connectivity index (χ2n) is 5.58. The van der Waals surface area contributed by atoms with Crippen LogP contribution in [0.1, 0.15) is 12.8 Å². The number of para-hydroxylation sites is 1. The minimum absolute atomic E-state index is 0.111. The molecule has 0 aromatic heterocycles. The average Bonchev–Trinajstić information content (AvgIpc) is 3.01. The van der Waals surface area contributed by atoms with Gasteiger partial charge in [0.05, 0.1) is 6.54 Å². The highest BCUT2D eigenvalue weighted by Crippen LogP contribution is 2.23. The van der Waals surface area contributed by atoms with Crippen molar-refractivity contribution in [3.8, 4) is 0 Å². The molecule has 0 atom stereocenters. The van der Waals surface area contributed by atoms with Gasteiger partial charge in [-0.25, -0.2) is 0 Å². The molecule has 0 aliphatic carbocycles. The number of carbonyl (C=O) groups is 2. The number of anilines is 3. The van der Waals surface area contributed by atoms with Gasteiger partial charge in [0.15, 0.2) is 0 Å². The number of amides is 2. The van der Waals surface area contributed by atoms with E-state index in [1.807, 2.05) is 48.5 Å². The first kappa shape index (κ1) is 16.8. The van der Waals surface area contributed by atoms with Gasteiger partial charge in [0.1, 0.15) is 0 Å². The summed E-state index contributed by atoms with van der Waals surface area (Å²) < 4.78 is 1.07. The molecule has 1 fully saturated rings. The molecule has 2 amide bonds. The van der Waals surface area contributed by atoms with Crippen LogP contribution in [0.15, 0.2) is 48.5 Å². The maximum atomic E-state index is 12.0. The van der Waals surface area contributed by atoms with Crippen LogP contribution in [0.25, 0.3) is 0 Å². The van der Waals surface area contributed by atoms with Crippen molar-refractivity contribution in [2.45, 2.75) is 12.8 Å². The summed E-state index contributed by atoms with van der Waals surface area (Å²) in [6.07, 6.45) is 1.52. The van der Waals surface area contributed by atoms with Gasteiger partial charge in [-0.05, 0) is 65.4 Å². The quantitative estimate of drug-likeness (QED) is 0.708. The minimum atomic E-state index is -0.111. The predicted molar refractivity (Wildman–Crippen MR) is 104 cm³/mol. The van der Waals surface area contributed by atoms with Crippen molar-refractivity contribution in [3.63, 3.8) is 0 Å². The van der Waals surface area contributed by atoms with Crippen LogP contribution in [0.2, 0.25) is 0 Å². The molecule has 3 rings (SSSR count). The molecule has 0 saturated carbocycles. The topological polar surface area (TPSA) is 61.4 Å². The van der Waals surface area contributed by atoms with Gasteiger partial charge < -0.3 is 15.5 Å². The van der Waals surface area contributed by atoms with Crippen molar-refractivity contribution in [1.82, 2.24) is 0 Å². The maximum absolute atomic E-state index is 12.0. The molecule has 1 aliphatic heterocycles. The Hall–Kier alpha value is -2.09. The van der Waals surface area contributed by atoms with Gasteiger partial charge in [0.25, 0.3) is 0 Å². The van der Waals surface area contributed by atoms with Gasteiger partial charge >= 0.3 is 0 Å². The van der Waals surface area contributed by atoms with E-state index in [-0.39, 0.29) is 18.4 Å². The fourth-order valence-electron chi connectivity index (χ4n) is 2.63. The van der Waals surface area contributed by atoms with Gasteiger partial charge in [0.2, 0.25) is 11.8 Å². The number of nitrogens with one attached hydrogen (secondary N) is 2. The second kappa shape index (κ2) is 7.65. The highest BCUT2D eigenvalue weighted by Gasteiger charge is 2.21. The molecule has 0 spiro atoms. The number of halogens is 1. The predicted octanol–water partition coefficient (Wildman–Crippen LogP) is 3.47. The summed E-state index contributed by atoms with van der Waals surface area (Å²) in [4.78, 5) is 25.6. The molecular formula is C18H18IN3O2. The fourth-order valence-corrected chi connectivity index (χ4v) is 3.21. The van der Waals surface area contributed by atoms with Crippen LogP contribution in [0.3, 0.4) is 0 Å². The lowest BCUT2D eigenvalue weighted by atomic mass is 10.2. The number of hydrogen-bond acceptors (Lipinski definition) is 3. The maximum Gasteiger partial charge on any atom is 0.243 e. The van der Waals surface area contributed by atoms with Gasteiger partial charge in [0, 0.05) is 33.6 Å². The Balaban J connectivity index is 1.55. The third-order valence-corrected chi connectivity index (χ3v) is 4.79. The molecule has 2 aromatic carbocycles. The monoisotopic (exact) mass is 435 g/mol. The van der Waals surface area contributed by atoms with Crippen LogP contribution in [0.5, 0.6) is 0 Å². The number of benzene rings is 2. The Morgan fingerprint density at radius 3 is 2.54 bits per heavy atom. The summed E-state index contributed by atoms with van der Waals surface area (Å²) in [5, 5.41) is 5.98. The van der Waals surface area contributed by atoms with Gasteiger partial charge in [-0.2, -0.15) is 0 Å². The third kappa shape index (κ3) is 4.05. The van der Waals surface area contributed by atoms with Crippen LogP contribution in [0.4, 0.5) is 17.1 Å². The summed E-state index contributed by atoms with van der Waals surface area (Å²) >= 11 is 2.23. The Morgan fingerprint density at radius 1 is 1.12 bits per heavy atom. The lowest BCUT2D eigenvalue weighted by Crippen LogP contribution is -2.24. The Bertz CT molecular complexity index is 746. The standard InChI is InChI=1S/C18H18IN3O2/c19-15-4-1-2-5-16(15)20-12-17(23)21-13-7-9-14(10-8-13)22-11-3-6-18(22)24/h1-2,4-5,7-10,20H,3,6,11-12H2,(H,21,23). The SMILES string of the molecule is O=C(CNc1ccccc1I)Nc1ccc(N2CCCC2=O)cc1. The molecule has 24 heavy (non-hydrogen) atoms. The molecule has 2 aromatic rings. The van der Waals surface area contributed by atoms with E-state index in [0.29, 0.717) is 6.42 Å². The smallest absolute Gasteiger partial charge is 0.243 e. The summed E-state index contributed by atoms with van der Waals surface area (Å²) in [5.74, 6) is 0.0492. The van der Waals surface area contributed by atoms with E-state index in [2.05, 4.69) is 33.2 Å². The number of nitrogens with zero attached hydrogens (tertiary/aromatic N) is 1. The molecule has 0 radical (unpaired) electrons. The van der Waals surface area contributed by atoms with Crippen LogP contribution in [0, 0.1) is 3.57 Å². The van der Waals surface area contributed by atoms with Crippen LogP contribution in [-0.2, 0) is 9.59 Å². The van der Waals surface area contributed by atoms with Crippen molar-refractivity contribution < 1.29 is 9.59 Å². The second-order valence-corrected chi connectivity index (χ2v) is 6.74. The molecular weight excluding hydrogens is 417 g/mol. The zero-order valence-corrected chi connectivity index (χ0v) is 15.2. The number of hydrogen-bond donors (Lipinski definition) is 2. The molecule has 0 unspecified atom stereocenters. The zero-order chi connectivity index (χ0) is 16.9. The van der Waals surface area contributed by atoms with Gasteiger partial charge in [-0.3, -0.25) is 9.59 Å². The zero-order valence-electron chi connectivity index (χ0n) is 13.1. The van der Waals surface area contributed by atoms with Crippen molar-refractivity contribution in [3.05, 3.63) is 52.1 Å². The first-order chi connectivity index (χ1) is 11.6. The molecule has 1 aliphatic rings. The Kier molecular flexibility index (Phi) is 5.34. The fraction of sp³-hybridized carbons (Fsp3) is 0.222. The van der Waals surface area contributed by atoms with Crippen LogP contribution in [-0.4, -0.2) is 24.9 Å². The minimum Gasteiger partial charge on any atom is -0.375 e. The third-order valence-electron chi connectivity index (χ3n) is 3.85. The molecule has 6 heteroatoms. The summed E-state index contributed by atoms with van der Waals surface area (Å²) in [6, 6.07) is 15.2. The summed E-state index contributed by atoms with van der Waals surface area (Å²) in [7, 11) is 0. The highest BCUT2D eigenvalue weighted by atomic mass is 127. The largest absolute Gasteiger partial charge is 0.375 e. The molecule has 5 nitrogen and oxygen atoms in total. The molecule has 1 heterocycles. The first-order valence-corrected chi connectivity index (χ1v) is 8.90. The van der Waals surface area contributed by atoms with Crippen molar-refractivity contribution in [2.75, 3.05) is 28.6 Å².